The number of carbonyl (C=O) groups excluding carboxylic acids is 1. The predicted octanol–water partition coefficient (Wildman–Crippen LogP) is 3.37. The van der Waals surface area contributed by atoms with Crippen molar-refractivity contribution in [1.29, 1.82) is 0 Å². The maximum atomic E-state index is 13.0. The first kappa shape index (κ1) is 16.7. The van der Waals surface area contributed by atoms with E-state index in [9.17, 15) is 9.00 Å². The van der Waals surface area contributed by atoms with Gasteiger partial charge in [-0.1, -0.05) is 48.5 Å². The molecule has 0 bridgehead atoms. The van der Waals surface area contributed by atoms with E-state index in [2.05, 4.69) is 0 Å². The Morgan fingerprint density at radius 1 is 1.04 bits per heavy atom. The van der Waals surface area contributed by atoms with Gasteiger partial charge in [-0.25, -0.2) is 0 Å². The number of rotatable bonds is 5. The molecule has 0 spiro atoms. The molecular formula is C20H21NO2S. The van der Waals surface area contributed by atoms with E-state index in [1.165, 1.54) is 0 Å². The lowest BCUT2D eigenvalue weighted by atomic mass is 10.0. The Morgan fingerprint density at radius 3 is 2.42 bits per heavy atom. The van der Waals surface area contributed by atoms with E-state index in [0.29, 0.717) is 12.8 Å². The number of hydrogen-bond donors (Lipinski definition) is 0. The van der Waals surface area contributed by atoms with Gasteiger partial charge in [-0.3, -0.25) is 9.00 Å². The van der Waals surface area contributed by atoms with Gasteiger partial charge in [-0.2, -0.15) is 0 Å². The molecule has 2 aromatic rings. The number of ketones is 1. The molecule has 1 unspecified atom stereocenters. The highest BCUT2D eigenvalue weighted by molar-refractivity contribution is 7.86. The summed E-state index contributed by atoms with van der Waals surface area (Å²) in [7, 11) is 2.50. The number of benzene rings is 2. The highest BCUT2D eigenvalue weighted by Gasteiger charge is 2.33. The van der Waals surface area contributed by atoms with Gasteiger partial charge >= 0.3 is 0 Å². The first-order valence-electron chi connectivity index (χ1n) is 8.02. The summed E-state index contributed by atoms with van der Waals surface area (Å²) in [5.41, 5.74) is 2.79. The number of nitrogens with zero attached hydrogens (tertiary/aromatic N) is 1. The summed E-state index contributed by atoms with van der Waals surface area (Å²) >= 11 is 0. The number of allylic oxidation sites excluding steroid dienone is 2. The highest BCUT2D eigenvalue weighted by Crippen LogP contribution is 2.30. The van der Waals surface area contributed by atoms with Crippen LogP contribution in [0.15, 0.2) is 71.1 Å². The Morgan fingerprint density at radius 2 is 1.71 bits per heavy atom. The molecule has 0 radical (unpaired) electrons. The molecule has 0 saturated carbocycles. The van der Waals surface area contributed by atoms with Gasteiger partial charge in [-0.05, 0) is 29.7 Å². The maximum absolute atomic E-state index is 13.0. The fourth-order valence-electron chi connectivity index (χ4n) is 2.97. The van der Waals surface area contributed by atoms with Crippen LogP contribution in [-0.4, -0.2) is 29.3 Å². The summed E-state index contributed by atoms with van der Waals surface area (Å²) in [6, 6.07) is 17.5. The summed E-state index contributed by atoms with van der Waals surface area (Å²) in [5.74, 6) is 0.0192. The van der Waals surface area contributed by atoms with E-state index >= 15 is 0 Å². The van der Waals surface area contributed by atoms with Crippen molar-refractivity contribution in [3.63, 3.8) is 0 Å². The zero-order chi connectivity index (χ0) is 17.1. The quantitative estimate of drug-likeness (QED) is 0.838. The average Bonchev–Trinajstić information content (AvgIpc) is 2.96. The Bertz CT molecular complexity index is 796. The fourth-order valence-corrected chi connectivity index (χ4v) is 4.57. The molecule has 0 heterocycles. The van der Waals surface area contributed by atoms with Gasteiger partial charge in [0.25, 0.3) is 0 Å². The van der Waals surface area contributed by atoms with E-state index in [0.717, 1.165) is 21.7 Å². The fraction of sp³-hybridized carbons (Fsp3) is 0.250. The SMILES string of the molecule is CN(C)c1ccccc1S(=O)[C@H]1CC=C(Cc2ccccc2)C1=O. The Kier molecular flexibility index (Phi) is 4.95. The molecule has 24 heavy (non-hydrogen) atoms. The van der Waals surface area contributed by atoms with Gasteiger partial charge in [0.05, 0.1) is 21.4 Å². The van der Waals surface area contributed by atoms with E-state index in [4.69, 9.17) is 0 Å². The lowest BCUT2D eigenvalue weighted by Crippen LogP contribution is -2.24. The standard InChI is InChI=1S/C20H21NO2S/c1-21(2)17-10-6-7-11-18(17)24(23)19-13-12-16(20(19)22)14-15-8-4-3-5-9-15/h3-12,19H,13-14H2,1-2H3/t19-,24?/m0/s1. The van der Waals surface area contributed by atoms with Gasteiger partial charge in [0.1, 0.15) is 5.25 Å². The number of hydrogen-bond acceptors (Lipinski definition) is 3. The number of Topliss-reactive ketones (excluding diaryl/α,β-unsaturated/α-hetero) is 1. The van der Waals surface area contributed by atoms with Crippen molar-refractivity contribution in [2.24, 2.45) is 0 Å². The third-order valence-corrected chi connectivity index (χ3v) is 5.95. The molecule has 3 nitrogen and oxygen atoms in total. The highest BCUT2D eigenvalue weighted by atomic mass is 32.2. The van der Waals surface area contributed by atoms with Crippen LogP contribution in [0.1, 0.15) is 12.0 Å². The summed E-state index contributed by atoms with van der Waals surface area (Å²) in [5, 5.41) is -0.468. The minimum atomic E-state index is -1.34. The summed E-state index contributed by atoms with van der Waals surface area (Å²) in [6.45, 7) is 0. The molecule has 3 rings (SSSR count). The van der Waals surface area contributed by atoms with Crippen molar-refractivity contribution < 1.29 is 9.00 Å². The Labute approximate surface area is 145 Å². The summed E-state index contributed by atoms with van der Waals surface area (Å²) < 4.78 is 13.0. The van der Waals surface area contributed by atoms with E-state index in [-0.39, 0.29) is 5.78 Å². The normalized spacial score (nSPS) is 18.3. The molecule has 1 aliphatic rings. The van der Waals surface area contributed by atoms with Gasteiger partial charge in [-0.15, -0.1) is 0 Å². The van der Waals surface area contributed by atoms with Crippen LogP contribution in [0.3, 0.4) is 0 Å². The minimum absolute atomic E-state index is 0.0192. The second-order valence-corrected chi connectivity index (χ2v) is 7.74. The molecule has 2 aromatic carbocycles. The maximum Gasteiger partial charge on any atom is 0.175 e. The van der Waals surface area contributed by atoms with Crippen LogP contribution in [0, 0.1) is 0 Å². The molecule has 0 N–H and O–H groups in total. The topological polar surface area (TPSA) is 37.4 Å². The van der Waals surface area contributed by atoms with Crippen molar-refractivity contribution in [3.05, 3.63) is 71.8 Å². The number of carbonyl (C=O) groups is 1. The molecule has 4 heteroatoms. The monoisotopic (exact) mass is 339 g/mol. The predicted molar refractivity (Wildman–Crippen MR) is 98.8 cm³/mol. The molecule has 0 amide bonds. The van der Waals surface area contributed by atoms with Gasteiger partial charge in [0, 0.05) is 20.5 Å². The summed E-state index contributed by atoms with van der Waals surface area (Å²) in [4.78, 5) is 15.4. The molecule has 0 aromatic heterocycles. The van der Waals surface area contributed by atoms with Gasteiger partial charge < -0.3 is 4.90 Å². The second-order valence-electron chi connectivity index (χ2n) is 6.14. The third-order valence-electron chi connectivity index (χ3n) is 4.25. The van der Waals surface area contributed by atoms with Crippen LogP contribution >= 0.6 is 0 Å². The smallest absolute Gasteiger partial charge is 0.175 e. The van der Waals surface area contributed by atoms with Crippen molar-refractivity contribution in [2.45, 2.75) is 23.0 Å². The second kappa shape index (κ2) is 7.14. The van der Waals surface area contributed by atoms with Gasteiger partial charge in [0.15, 0.2) is 5.78 Å². The molecule has 0 saturated heterocycles. The zero-order valence-electron chi connectivity index (χ0n) is 13.9. The summed E-state index contributed by atoms with van der Waals surface area (Å²) in [6.07, 6.45) is 3.12. The average molecular weight is 339 g/mol. The van der Waals surface area contributed by atoms with Crippen LogP contribution in [0.25, 0.3) is 0 Å². The minimum Gasteiger partial charge on any atom is -0.377 e. The van der Waals surface area contributed by atoms with Crippen molar-refractivity contribution in [1.82, 2.24) is 0 Å². The molecule has 0 fully saturated rings. The van der Waals surface area contributed by atoms with Crippen LogP contribution in [-0.2, 0) is 22.0 Å². The van der Waals surface area contributed by atoms with E-state index in [1.54, 1.807) is 0 Å². The molecule has 124 valence electrons. The first-order valence-corrected chi connectivity index (χ1v) is 9.23. The van der Waals surface area contributed by atoms with Gasteiger partial charge in [0.2, 0.25) is 0 Å². The van der Waals surface area contributed by atoms with Crippen LogP contribution < -0.4 is 4.90 Å². The molecule has 0 aliphatic heterocycles. The van der Waals surface area contributed by atoms with Crippen molar-refractivity contribution >= 4 is 22.3 Å². The van der Waals surface area contributed by atoms with Crippen molar-refractivity contribution in [3.8, 4) is 0 Å². The Balaban J connectivity index is 1.78. The third kappa shape index (κ3) is 3.34. The molecule has 1 aliphatic carbocycles. The largest absolute Gasteiger partial charge is 0.377 e. The lowest BCUT2D eigenvalue weighted by Gasteiger charge is -2.18. The van der Waals surface area contributed by atoms with Crippen LogP contribution in [0.2, 0.25) is 0 Å². The lowest BCUT2D eigenvalue weighted by molar-refractivity contribution is -0.114. The van der Waals surface area contributed by atoms with E-state index in [1.807, 2.05) is 79.7 Å². The Hall–Kier alpha value is -2.20. The zero-order valence-corrected chi connectivity index (χ0v) is 14.8. The van der Waals surface area contributed by atoms with Crippen molar-refractivity contribution in [2.75, 3.05) is 19.0 Å². The van der Waals surface area contributed by atoms with E-state index < -0.39 is 16.0 Å². The molecular weight excluding hydrogens is 318 g/mol. The first-order chi connectivity index (χ1) is 11.6. The van der Waals surface area contributed by atoms with Crippen LogP contribution in [0.4, 0.5) is 5.69 Å². The molecule has 2 atom stereocenters. The number of para-hydroxylation sites is 1. The number of anilines is 1. The van der Waals surface area contributed by atoms with Crippen LogP contribution in [0.5, 0.6) is 0 Å².